The molecule has 0 aliphatic carbocycles. The molecule has 0 bridgehead atoms. The van der Waals surface area contributed by atoms with Gasteiger partial charge in [-0.25, -0.2) is 4.98 Å². The third kappa shape index (κ3) is 5.43. The van der Waals surface area contributed by atoms with E-state index in [1.807, 2.05) is 12.3 Å². The summed E-state index contributed by atoms with van der Waals surface area (Å²) in [7, 11) is 0. The largest absolute Gasteiger partial charge is 0.358 e. The summed E-state index contributed by atoms with van der Waals surface area (Å²) in [5, 5.41) is 7.06. The number of hydrogen-bond donors (Lipinski definition) is 2. The van der Waals surface area contributed by atoms with Gasteiger partial charge in [-0.2, -0.15) is 0 Å². The molecule has 4 nitrogen and oxygen atoms in total. The number of thiocarbonyl (C=S) groups is 1. The van der Waals surface area contributed by atoms with E-state index >= 15 is 0 Å². The lowest BCUT2D eigenvalue weighted by Gasteiger charge is -2.21. The molecule has 0 saturated carbocycles. The van der Waals surface area contributed by atoms with Gasteiger partial charge in [0.15, 0.2) is 5.11 Å². The molecule has 5 heteroatoms. The number of rotatable bonds is 4. The van der Waals surface area contributed by atoms with Crippen LogP contribution in [0.5, 0.6) is 0 Å². The van der Waals surface area contributed by atoms with Crippen molar-refractivity contribution in [2.75, 3.05) is 23.3 Å². The first-order chi connectivity index (χ1) is 12.2. The van der Waals surface area contributed by atoms with Gasteiger partial charge in [-0.3, -0.25) is 0 Å². The molecule has 1 aliphatic heterocycles. The average Bonchev–Trinajstić information content (AvgIpc) is 2.91. The van der Waals surface area contributed by atoms with Crippen LogP contribution in [0.15, 0.2) is 42.6 Å². The molecule has 3 rings (SSSR count). The Morgan fingerprint density at radius 2 is 1.76 bits per heavy atom. The normalized spacial score (nSPS) is 14.7. The fourth-order valence-corrected chi connectivity index (χ4v) is 3.20. The van der Waals surface area contributed by atoms with Crippen LogP contribution in [0.4, 0.5) is 11.5 Å². The topological polar surface area (TPSA) is 40.2 Å². The highest BCUT2D eigenvalue weighted by Gasteiger charge is 2.10. The monoisotopic (exact) mass is 354 g/mol. The Morgan fingerprint density at radius 3 is 2.40 bits per heavy atom. The molecule has 25 heavy (non-hydrogen) atoms. The van der Waals surface area contributed by atoms with E-state index in [0.29, 0.717) is 11.7 Å². The van der Waals surface area contributed by atoms with Crippen molar-refractivity contribution in [3.63, 3.8) is 0 Å². The zero-order valence-electron chi connectivity index (χ0n) is 14.8. The number of pyridine rings is 1. The van der Waals surface area contributed by atoms with Crippen LogP contribution in [-0.2, 0) is 6.54 Å². The van der Waals surface area contributed by atoms with Crippen LogP contribution in [0.3, 0.4) is 0 Å². The summed E-state index contributed by atoms with van der Waals surface area (Å²) in [5.74, 6) is 1.06. The Balaban J connectivity index is 1.50. The lowest BCUT2D eigenvalue weighted by atomic mass is 10.1. The number of hydrogen-bond acceptors (Lipinski definition) is 3. The number of benzene rings is 1. The van der Waals surface area contributed by atoms with Crippen molar-refractivity contribution < 1.29 is 0 Å². The number of anilines is 2. The number of nitrogens with zero attached hydrogens (tertiary/aromatic N) is 2. The summed E-state index contributed by atoms with van der Waals surface area (Å²) in [5.41, 5.74) is 3.39. The Kier molecular flexibility index (Phi) is 6.23. The predicted molar refractivity (Wildman–Crippen MR) is 109 cm³/mol. The van der Waals surface area contributed by atoms with Gasteiger partial charge in [0.25, 0.3) is 0 Å². The molecule has 2 aromatic rings. The summed E-state index contributed by atoms with van der Waals surface area (Å²) in [6, 6.07) is 12.6. The highest BCUT2D eigenvalue weighted by Crippen LogP contribution is 2.18. The quantitative estimate of drug-likeness (QED) is 0.803. The third-order valence-electron chi connectivity index (χ3n) is 4.51. The zero-order chi connectivity index (χ0) is 17.5. The van der Waals surface area contributed by atoms with Crippen molar-refractivity contribution in [2.24, 2.45) is 0 Å². The molecule has 0 atom stereocenters. The van der Waals surface area contributed by atoms with Crippen LogP contribution in [0.25, 0.3) is 0 Å². The van der Waals surface area contributed by atoms with E-state index in [2.05, 4.69) is 57.8 Å². The molecule has 0 radical (unpaired) electrons. The van der Waals surface area contributed by atoms with E-state index in [1.54, 1.807) is 0 Å². The summed E-state index contributed by atoms with van der Waals surface area (Å²) in [4.78, 5) is 6.98. The second-order valence-electron chi connectivity index (χ2n) is 6.60. The molecule has 0 unspecified atom stereocenters. The average molecular weight is 355 g/mol. The molecule has 1 saturated heterocycles. The molecule has 1 aromatic heterocycles. The molecule has 2 heterocycles. The number of aromatic nitrogens is 1. The smallest absolute Gasteiger partial charge is 0.171 e. The minimum Gasteiger partial charge on any atom is -0.358 e. The van der Waals surface area contributed by atoms with Crippen molar-refractivity contribution >= 4 is 28.8 Å². The first kappa shape index (κ1) is 17.7. The van der Waals surface area contributed by atoms with Gasteiger partial charge in [0.05, 0.1) is 11.9 Å². The van der Waals surface area contributed by atoms with Crippen LogP contribution in [0, 0.1) is 6.92 Å². The SMILES string of the molecule is Cc1ccc(CNC(=S)Nc2ccc(N3CCCCCC3)nc2)cc1. The van der Waals surface area contributed by atoms with Crippen molar-refractivity contribution in [2.45, 2.75) is 39.2 Å². The zero-order valence-corrected chi connectivity index (χ0v) is 15.6. The molecule has 1 aliphatic rings. The molecular formula is C20H26N4S. The fraction of sp³-hybridized carbons (Fsp3) is 0.400. The maximum Gasteiger partial charge on any atom is 0.171 e. The fourth-order valence-electron chi connectivity index (χ4n) is 3.01. The van der Waals surface area contributed by atoms with Gasteiger partial charge in [0.1, 0.15) is 5.82 Å². The van der Waals surface area contributed by atoms with Gasteiger partial charge in [-0.15, -0.1) is 0 Å². The summed E-state index contributed by atoms with van der Waals surface area (Å²) in [6.07, 6.45) is 7.04. The van der Waals surface area contributed by atoms with E-state index in [0.717, 1.165) is 24.6 Å². The molecule has 1 aromatic carbocycles. The molecule has 1 fully saturated rings. The first-order valence-electron chi connectivity index (χ1n) is 9.02. The maximum absolute atomic E-state index is 5.38. The van der Waals surface area contributed by atoms with Crippen LogP contribution in [0.1, 0.15) is 36.8 Å². The first-order valence-corrected chi connectivity index (χ1v) is 9.43. The van der Waals surface area contributed by atoms with Gasteiger partial charge >= 0.3 is 0 Å². The van der Waals surface area contributed by atoms with Crippen LogP contribution in [0.2, 0.25) is 0 Å². The van der Waals surface area contributed by atoms with Crippen molar-refractivity contribution in [3.8, 4) is 0 Å². The summed E-state index contributed by atoms with van der Waals surface area (Å²) < 4.78 is 0. The van der Waals surface area contributed by atoms with Gasteiger partial charge in [-0.05, 0) is 49.7 Å². The lowest BCUT2D eigenvalue weighted by molar-refractivity contribution is 0.726. The minimum absolute atomic E-state index is 0.616. The second kappa shape index (κ2) is 8.81. The number of nitrogens with one attached hydrogen (secondary N) is 2. The standard InChI is InChI=1S/C20H26N4S/c1-16-6-8-17(9-7-16)14-22-20(25)23-18-10-11-19(21-15-18)24-12-4-2-3-5-13-24/h6-11,15H,2-5,12-14H2,1H3,(H2,22,23,25). The van der Waals surface area contributed by atoms with Crippen molar-refractivity contribution in [1.29, 1.82) is 0 Å². The highest BCUT2D eigenvalue weighted by molar-refractivity contribution is 7.80. The molecule has 132 valence electrons. The van der Waals surface area contributed by atoms with Crippen LogP contribution in [-0.4, -0.2) is 23.2 Å². The van der Waals surface area contributed by atoms with Gasteiger partial charge < -0.3 is 15.5 Å². The van der Waals surface area contributed by atoms with Gasteiger partial charge in [-0.1, -0.05) is 42.7 Å². The number of aryl methyl sites for hydroxylation is 1. The van der Waals surface area contributed by atoms with Crippen LogP contribution >= 0.6 is 12.2 Å². The maximum atomic E-state index is 5.38. The molecule has 2 N–H and O–H groups in total. The van der Waals surface area contributed by atoms with E-state index in [4.69, 9.17) is 12.2 Å². The molecule has 0 spiro atoms. The highest BCUT2D eigenvalue weighted by atomic mass is 32.1. The summed E-state index contributed by atoms with van der Waals surface area (Å²) in [6.45, 7) is 5.02. The Hall–Kier alpha value is -2.14. The Labute approximate surface area is 155 Å². The third-order valence-corrected chi connectivity index (χ3v) is 4.76. The van der Waals surface area contributed by atoms with E-state index in [-0.39, 0.29) is 0 Å². The van der Waals surface area contributed by atoms with Crippen molar-refractivity contribution in [3.05, 3.63) is 53.7 Å². The lowest BCUT2D eigenvalue weighted by Crippen LogP contribution is -2.28. The van der Waals surface area contributed by atoms with Gasteiger partial charge in [0, 0.05) is 19.6 Å². The minimum atomic E-state index is 0.616. The van der Waals surface area contributed by atoms with E-state index in [1.165, 1.54) is 36.8 Å². The van der Waals surface area contributed by atoms with Crippen LogP contribution < -0.4 is 15.5 Å². The van der Waals surface area contributed by atoms with Crippen molar-refractivity contribution in [1.82, 2.24) is 10.3 Å². The molecule has 0 amide bonds. The van der Waals surface area contributed by atoms with E-state index < -0.39 is 0 Å². The second-order valence-corrected chi connectivity index (χ2v) is 7.01. The Morgan fingerprint density at radius 1 is 1.04 bits per heavy atom. The Bertz CT molecular complexity index is 674. The predicted octanol–water partition coefficient (Wildman–Crippen LogP) is 4.26. The van der Waals surface area contributed by atoms with E-state index in [9.17, 15) is 0 Å². The van der Waals surface area contributed by atoms with Gasteiger partial charge in [0.2, 0.25) is 0 Å². The summed E-state index contributed by atoms with van der Waals surface area (Å²) >= 11 is 5.38. The molecular weight excluding hydrogens is 328 g/mol.